The lowest BCUT2D eigenvalue weighted by molar-refractivity contribution is 0.0243. The molecule has 21 heavy (non-hydrogen) atoms. The minimum absolute atomic E-state index is 0.134. The summed E-state index contributed by atoms with van der Waals surface area (Å²) >= 11 is 2.11. The molecule has 0 bridgehead atoms. The fourth-order valence-electron chi connectivity index (χ4n) is 2.44. The topological polar surface area (TPSA) is 29.5 Å². The van der Waals surface area contributed by atoms with E-state index >= 15 is 0 Å². The van der Waals surface area contributed by atoms with Gasteiger partial charge in [0.1, 0.15) is 5.60 Å². The van der Waals surface area contributed by atoms with Crippen LogP contribution in [0.25, 0.3) is 0 Å². The third kappa shape index (κ3) is 10.0. The fraction of sp³-hybridized carbons (Fsp3) is 0.941. The van der Waals surface area contributed by atoms with Crippen molar-refractivity contribution in [3.63, 3.8) is 0 Å². The smallest absolute Gasteiger partial charge is 0.410 e. The molecule has 0 unspecified atom stereocenters. The van der Waals surface area contributed by atoms with Gasteiger partial charge in [-0.05, 0) is 58.0 Å². The molecule has 4 heteroatoms. The van der Waals surface area contributed by atoms with Crippen LogP contribution in [0.5, 0.6) is 0 Å². The molecule has 3 nitrogen and oxygen atoms in total. The van der Waals surface area contributed by atoms with Crippen molar-refractivity contribution in [2.75, 3.05) is 24.6 Å². The molecule has 1 saturated heterocycles. The second-order valence-corrected chi connectivity index (χ2v) is 8.13. The molecular formula is C17H33NO2S. The first kappa shape index (κ1) is 18.7. The van der Waals surface area contributed by atoms with Crippen LogP contribution in [0.15, 0.2) is 0 Å². The van der Waals surface area contributed by atoms with E-state index in [0.717, 1.165) is 25.9 Å². The van der Waals surface area contributed by atoms with E-state index in [9.17, 15) is 4.79 Å². The maximum atomic E-state index is 12.3. The van der Waals surface area contributed by atoms with Crippen molar-refractivity contribution >= 4 is 17.9 Å². The van der Waals surface area contributed by atoms with Crippen molar-refractivity contribution in [2.45, 2.75) is 77.7 Å². The van der Waals surface area contributed by atoms with E-state index < -0.39 is 5.60 Å². The molecule has 1 rings (SSSR count). The second-order valence-electron chi connectivity index (χ2n) is 6.91. The molecule has 0 saturated carbocycles. The summed E-state index contributed by atoms with van der Waals surface area (Å²) in [4.78, 5) is 14.2. The summed E-state index contributed by atoms with van der Waals surface area (Å²) in [5.74, 6) is 2.60. The van der Waals surface area contributed by atoms with Gasteiger partial charge >= 0.3 is 6.09 Å². The second kappa shape index (κ2) is 10.4. The van der Waals surface area contributed by atoms with E-state index in [1.807, 2.05) is 25.7 Å². The molecule has 0 aromatic rings. The van der Waals surface area contributed by atoms with Gasteiger partial charge < -0.3 is 9.64 Å². The van der Waals surface area contributed by atoms with Gasteiger partial charge in [-0.25, -0.2) is 4.79 Å². The highest BCUT2D eigenvalue weighted by molar-refractivity contribution is 7.99. The predicted molar refractivity (Wildman–Crippen MR) is 92.1 cm³/mol. The van der Waals surface area contributed by atoms with Gasteiger partial charge in [0.2, 0.25) is 0 Å². The molecule has 1 fully saturated rings. The molecule has 1 heterocycles. The molecule has 124 valence electrons. The zero-order chi connectivity index (χ0) is 15.6. The zero-order valence-corrected chi connectivity index (χ0v) is 15.0. The maximum absolute atomic E-state index is 12.3. The number of nitrogens with zero attached hydrogens (tertiary/aromatic N) is 1. The Morgan fingerprint density at radius 1 is 0.857 bits per heavy atom. The van der Waals surface area contributed by atoms with Crippen LogP contribution in [0, 0.1) is 0 Å². The molecule has 0 atom stereocenters. The Morgan fingerprint density at radius 3 is 1.81 bits per heavy atom. The molecule has 1 amide bonds. The Morgan fingerprint density at radius 2 is 1.33 bits per heavy atom. The van der Waals surface area contributed by atoms with E-state index in [4.69, 9.17) is 4.74 Å². The molecular weight excluding hydrogens is 282 g/mol. The predicted octanol–water partition coefficient (Wildman–Crippen LogP) is 5.09. The highest BCUT2D eigenvalue weighted by Crippen LogP contribution is 2.15. The number of carbonyl (C=O) groups excluding carboxylic acids is 1. The van der Waals surface area contributed by atoms with Gasteiger partial charge in [-0.3, -0.25) is 0 Å². The summed E-state index contributed by atoms with van der Waals surface area (Å²) in [5.41, 5.74) is -0.395. The number of thioether (sulfide) groups is 1. The number of hydrogen-bond donors (Lipinski definition) is 0. The Hall–Kier alpha value is -0.380. The summed E-state index contributed by atoms with van der Waals surface area (Å²) < 4.78 is 5.53. The van der Waals surface area contributed by atoms with E-state index in [1.165, 1.54) is 50.0 Å². The molecule has 0 aromatic heterocycles. The standard InChI is InChI=1S/C17H33NO2S/c1-17(2,3)20-16(19)18-12-8-4-6-10-14-21-15-11-7-5-9-13-18/h4-15H2,1-3H3. The number of hydrogen-bond acceptors (Lipinski definition) is 3. The Bertz CT molecular complexity index is 275. The molecule has 1 aliphatic rings. The average Bonchev–Trinajstić information content (AvgIpc) is 2.39. The van der Waals surface area contributed by atoms with Crippen LogP contribution in [0.4, 0.5) is 4.79 Å². The van der Waals surface area contributed by atoms with Crippen molar-refractivity contribution in [3.8, 4) is 0 Å². The van der Waals surface area contributed by atoms with Gasteiger partial charge in [0, 0.05) is 13.1 Å². The third-order valence-electron chi connectivity index (χ3n) is 3.59. The largest absolute Gasteiger partial charge is 0.444 e. The highest BCUT2D eigenvalue weighted by atomic mass is 32.2. The van der Waals surface area contributed by atoms with Crippen molar-refractivity contribution in [3.05, 3.63) is 0 Å². The minimum atomic E-state index is -0.395. The van der Waals surface area contributed by atoms with Gasteiger partial charge in [0.15, 0.2) is 0 Å². The monoisotopic (exact) mass is 315 g/mol. The number of ether oxygens (including phenoxy) is 1. The third-order valence-corrected chi connectivity index (χ3v) is 4.74. The van der Waals surface area contributed by atoms with E-state index in [-0.39, 0.29) is 6.09 Å². The van der Waals surface area contributed by atoms with Crippen molar-refractivity contribution in [1.82, 2.24) is 4.90 Å². The maximum Gasteiger partial charge on any atom is 0.410 e. The summed E-state index contributed by atoms with van der Waals surface area (Å²) in [6, 6.07) is 0. The first-order valence-corrected chi connectivity index (χ1v) is 9.70. The van der Waals surface area contributed by atoms with E-state index in [2.05, 4.69) is 11.8 Å². The summed E-state index contributed by atoms with van der Waals surface area (Å²) in [6.45, 7) is 7.51. The first-order valence-electron chi connectivity index (χ1n) is 8.55. The van der Waals surface area contributed by atoms with Crippen LogP contribution in [-0.4, -0.2) is 41.2 Å². The van der Waals surface area contributed by atoms with Gasteiger partial charge in [-0.1, -0.05) is 25.7 Å². The number of rotatable bonds is 0. The van der Waals surface area contributed by atoms with Crippen LogP contribution in [-0.2, 0) is 4.74 Å². The first-order chi connectivity index (χ1) is 9.99. The van der Waals surface area contributed by atoms with Crippen molar-refractivity contribution in [1.29, 1.82) is 0 Å². The molecule has 0 aliphatic carbocycles. The van der Waals surface area contributed by atoms with Crippen LogP contribution in [0.2, 0.25) is 0 Å². The van der Waals surface area contributed by atoms with Crippen molar-refractivity contribution < 1.29 is 9.53 Å². The van der Waals surface area contributed by atoms with Gasteiger partial charge in [0.25, 0.3) is 0 Å². The van der Waals surface area contributed by atoms with E-state index in [0.29, 0.717) is 0 Å². The van der Waals surface area contributed by atoms with Gasteiger partial charge in [-0.15, -0.1) is 0 Å². The SMILES string of the molecule is CC(C)(C)OC(=O)N1CCCCCCSCCCCCC1. The molecule has 0 aromatic carbocycles. The Balaban J connectivity index is 2.43. The lowest BCUT2D eigenvalue weighted by Gasteiger charge is -2.27. The quantitative estimate of drug-likeness (QED) is 0.623. The van der Waals surface area contributed by atoms with E-state index in [1.54, 1.807) is 0 Å². The zero-order valence-electron chi connectivity index (χ0n) is 14.2. The normalized spacial score (nSPS) is 20.6. The van der Waals surface area contributed by atoms with Gasteiger partial charge in [0.05, 0.1) is 0 Å². The molecule has 0 N–H and O–H groups in total. The lowest BCUT2D eigenvalue weighted by Crippen LogP contribution is -2.38. The summed E-state index contributed by atoms with van der Waals surface area (Å²) in [7, 11) is 0. The summed E-state index contributed by atoms with van der Waals surface area (Å²) in [6.07, 6.45) is 9.72. The molecule has 1 aliphatic heterocycles. The van der Waals surface area contributed by atoms with Crippen LogP contribution in [0.1, 0.15) is 72.1 Å². The molecule has 0 radical (unpaired) electrons. The highest BCUT2D eigenvalue weighted by Gasteiger charge is 2.21. The van der Waals surface area contributed by atoms with Crippen LogP contribution in [0.3, 0.4) is 0 Å². The Kier molecular flexibility index (Phi) is 9.21. The summed E-state index contributed by atoms with van der Waals surface area (Å²) in [5, 5.41) is 0. The van der Waals surface area contributed by atoms with Crippen LogP contribution < -0.4 is 0 Å². The number of carbonyl (C=O) groups is 1. The number of amides is 1. The molecule has 0 spiro atoms. The average molecular weight is 316 g/mol. The Labute approximate surface area is 135 Å². The fourth-order valence-corrected chi connectivity index (χ4v) is 3.46. The minimum Gasteiger partial charge on any atom is -0.444 e. The van der Waals surface area contributed by atoms with Gasteiger partial charge in [-0.2, -0.15) is 11.8 Å². The van der Waals surface area contributed by atoms with Crippen molar-refractivity contribution in [2.24, 2.45) is 0 Å². The van der Waals surface area contributed by atoms with Crippen LogP contribution >= 0.6 is 11.8 Å². The lowest BCUT2D eigenvalue weighted by atomic mass is 10.1.